The Morgan fingerprint density at radius 3 is 2.67 bits per heavy atom. The molecule has 27 heavy (non-hydrogen) atoms. The molecule has 2 heterocycles. The van der Waals surface area contributed by atoms with Crippen molar-refractivity contribution in [3.8, 4) is 0 Å². The number of hydrogen-bond donors (Lipinski definition) is 1. The number of halogens is 1. The third-order valence-corrected chi connectivity index (χ3v) is 5.17. The highest BCUT2D eigenvalue weighted by atomic mass is 35.5. The van der Waals surface area contributed by atoms with Gasteiger partial charge in [0.1, 0.15) is 0 Å². The number of rotatable bonds is 5. The number of amides is 1. The number of aromatic nitrogens is 3. The van der Waals surface area contributed by atoms with Gasteiger partial charge >= 0.3 is 0 Å². The number of aryl methyl sites for hydroxylation is 1. The Hall–Kier alpha value is -2.32. The SMILES string of the molecule is Cc1cc(NC(=O)C(C)Sc2nc3cc(Cl)ccc3c(=O)n2C(C)C)on1. The first kappa shape index (κ1) is 19.4. The summed E-state index contributed by atoms with van der Waals surface area (Å²) >= 11 is 7.24. The van der Waals surface area contributed by atoms with E-state index >= 15 is 0 Å². The van der Waals surface area contributed by atoms with Crippen molar-refractivity contribution >= 4 is 46.1 Å². The second-order valence-corrected chi connectivity index (χ2v) is 8.15. The molecule has 0 aliphatic rings. The molecular weight excluding hydrogens is 388 g/mol. The monoisotopic (exact) mass is 406 g/mol. The van der Waals surface area contributed by atoms with Crippen molar-refractivity contribution in [1.82, 2.24) is 14.7 Å². The van der Waals surface area contributed by atoms with Gasteiger partial charge in [-0.1, -0.05) is 28.5 Å². The highest BCUT2D eigenvalue weighted by molar-refractivity contribution is 8.00. The number of anilines is 1. The summed E-state index contributed by atoms with van der Waals surface area (Å²) in [5, 5.41) is 7.35. The van der Waals surface area contributed by atoms with Gasteiger partial charge in [-0.15, -0.1) is 0 Å². The maximum atomic E-state index is 12.9. The van der Waals surface area contributed by atoms with E-state index in [-0.39, 0.29) is 23.4 Å². The van der Waals surface area contributed by atoms with Gasteiger partial charge in [-0.2, -0.15) is 0 Å². The molecule has 3 aromatic rings. The second-order valence-electron chi connectivity index (χ2n) is 6.41. The zero-order valence-corrected chi connectivity index (χ0v) is 16.9. The summed E-state index contributed by atoms with van der Waals surface area (Å²) in [4.78, 5) is 29.9. The molecule has 0 saturated heterocycles. The van der Waals surface area contributed by atoms with E-state index in [1.165, 1.54) is 11.8 Å². The molecule has 1 amide bonds. The summed E-state index contributed by atoms with van der Waals surface area (Å²) in [5.74, 6) is 0.0105. The van der Waals surface area contributed by atoms with Gasteiger partial charge in [0.05, 0.1) is 21.8 Å². The second kappa shape index (κ2) is 7.74. The molecule has 1 N–H and O–H groups in total. The van der Waals surface area contributed by atoms with Crippen LogP contribution >= 0.6 is 23.4 Å². The van der Waals surface area contributed by atoms with E-state index in [4.69, 9.17) is 16.1 Å². The number of benzene rings is 1. The summed E-state index contributed by atoms with van der Waals surface area (Å²) in [6, 6.07) is 6.51. The fraction of sp³-hybridized carbons (Fsp3) is 0.333. The highest BCUT2D eigenvalue weighted by Gasteiger charge is 2.21. The average Bonchev–Trinajstić information content (AvgIpc) is 2.99. The summed E-state index contributed by atoms with van der Waals surface area (Å²) < 4.78 is 6.60. The maximum Gasteiger partial charge on any atom is 0.262 e. The highest BCUT2D eigenvalue weighted by Crippen LogP contribution is 2.26. The lowest BCUT2D eigenvalue weighted by molar-refractivity contribution is -0.115. The van der Waals surface area contributed by atoms with Crippen LogP contribution in [0.3, 0.4) is 0 Å². The van der Waals surface area contributed by atoms with E-state index in [9.17, 15) is 9.59 Å². The van der Waals surface area contributed by atoms with E-state index in [0.717, 1.165) is 0 Å². The number of nitrogens with one attached hydrogen (secondary N) is 1. The molecule has 2 aromatic heterocycles. The lowest BCUT2D eigenvalue weighted by Crippen LogP contribution is -2.28. The predicted molar refractivity (Wildman–Crippen MR) is 107 cm³/mol. The number of hydrogen-bond acceptors (Lipinski definition) is 6. The molecule has 0 fully saturated rings. The molecule has 1 unspecified atom stereocenters. The van der Waals surface area contributed by atoms with Crippen LogP contribution in [-0.4, -0.2) is 25.9 Å². The predicted octanol–water partition coefficient (Wildman–Crippen LogP) is 4.05. The van der Waals surface area contributed by atoms with Crippen LogP contribution < -0.4 is 10.9 Å². The molecule has 0 radical (unpaired) electrons. The van der Waals surface area contributed by atoms with E-state index in [0.29, 0.717) is 26.8 Å². The lowest BCUT2D eigenvalue weighted by atomic mass is 10.2. The number of thioether (sulfide) groups is 1. The molecule has 0 aliphatic carbocycles. The topological polar surface area (TPSA) is 90.0 Å². The van der Waals surface area contributed by atoms with Crippen LogP contribution in [0.25, 0.3) is 10.9 Å². The zero-order valence-electron chi connectivity index (χ0n) is 15.3. The Kier molecular flexibility index (Phi) is 5.57. The van der Waals surface area contributed by atoms with Gasteiger partial charge in [-0.3, -0.25) is 19.5 Å². The first-order chi connectivity index (χ1) is 12.8. The number of carbonyl (C=O) groups excluding carboxylic acids is 1. The average molecular weight is 407 g/mol. The zero-order chi connectivity index (χ0) is 19.7. The van der Waals surface area contributed by atoms with E-state index in [1.807, 2.05) is 13.8 Å². The quantitative estimate of drug-likeness (QED) is 0.507. The molecule has 9 heteroatoms. The fourth-order valence-corrected chi connectivity index (χ4v) is 3.75. The van der Waals surface area contributed by atoms with Crippen LogP contribution in [0.15, 0.2) is 38.7 Å². The molecule has 0 saturated carbocycles. The van der Waals surface area contributed by atoms with Gasteiger partial charge in [-0.25, -0.2) is 4.98 Å². The third-order valence-electron chi connectivity index (χ3n) is 3.87. The largest absolute Gasteiger partial charge is 0.338 e. The summed E-state index contributed by atoms with van der Waals surface area (Å²) in [7, 11) is 0. The number of fused-ring (bicyclic) bond motifs is 1. The van der Waals surface area contributed by atoms with Gasteiger partial charge in [-0.05, 0) is 45.9 Å². The third kappa shape index (κ3) is 4.17. The van der Waals surface area contributed by atoms with E-state index in [2.05, 4.69) is 15.5 Å². The number of carbonyl (C=O) groups is 1. The van der Waals surface area contributed by atoms with Gasteiger partial charge in [0, 0.05) is 17.1 Å². The van der Waals surface area contributed by atoms with Gasteiger partial charge in [0.15, 0.2) is 5.16 Å². The van der Waals surface area contributed by atoms with Crippen molar-refractivity contribution in [1.29, 1.82) is 0 Å². The van der Waals surface area contributed by atoms with Crippen molar-refractivity contribution in [3.05, 3.63) is 45.3 Å². The van der Waals surface area contributed by atoms with Gasteiger partial charge < -0.3 is 4.52 Å². The van der Waals surface area contributed by atoms with Crippen molar-refractivity contribution in [2.75, 3.05) is 5.32 Å². The lowest BCUT2D eigenvalue weighted by Gasteiger charge is -2.18. The van der Waals surface area contributed by atoms with Crippen molar-refractivity contribution in [2.45, 2.75) is 44.1 Å². The summed E-state index contributed by atoms with van der Waals surface area (Å²) in [5.41, 5.74) is 1.02. The Morgan fingerprint density at radius 1 is 1.30 bits per heavy atom. The smallest absolute Gasteiger partial charge is 0.262 e. The van der Waals surface area contributed by atoms with Crippen LogP contribution in [0, 0.1) is 6.92 Å². The molecule has 142 valence electrons. The summed E-state index contributed by atoms with van der Waals surface area (Å²) in [6.45, 7) is 7.30. The Balaban J connectivity index is 1.93. The minimum absolute atomic E-state index is 0.111. The molecule has 7 nitrogen and oxygen atoms in total. The van der Waals surface area contributed by atoms with E-state index < -0.39 is 5.25 Å². The maximum absolute atomic E-state index is 12.9. The Morgan fingerprint density at radius 2 is 2.04 bits per heavy atom. The van der Waals surface area contributed by atoms with Crippen molar-refractivity contribution < 1.29 is 9.32 Å². The number of nitrogens with zero attached hydrogens (tertiary/aromatic N) is 3. The molecule has 1 atom stereocenters. The molecule has 0 bridgehead atoms. The van der Waals surface area contributed by atoms with Gasteiger partial charge in [0.2, 0.25) is 11.8 Å². The summed E-state index contributed by atoms with van der Waals surface area (Å²) in [6.07, 6.45) is 0. The molecule has 3 rings (SSSR count). The molecular formula is C18H19ClN4O3S. The Bertz CT molecular complexity index is 1060. The molecule has 0 aliphatic heterocycles. The minimum Gasteiger partial charge on any atom is -0.338 e. The van der Waals surface area contributed by atoms with Crippen LogP contribution in [0.4, 0.5) is 5.88 Å². The minimum atomic E-state index is -0.510. The van der Waals surface area contributed by atoms with Crippen molar-refractivity contribution in [2.24, 2.45) is 0 Å². The Labute approximate surface area is 165 Å². The van der Waals surface area contributed by atoms with Crippen LogP contribution in [-0.2, 0) is 4.79 Å². The van der Waals surface area contributed by atoms with Crippen LogP contribution in [0.2, 0.25) is 5.02 Å². The van der Waals surface area contributed by atoms with Crippen LogP contribution in [0.1, 0.15) is 32.5 Å². The van der Waals surface area contributed by atoms with Gasteiger partial charge in [0.25, 0.3) is 5.56 Å². The fourth-order valence-electron chi connectivity index (χ4n) is 2.55. The van der Waals surface area contributed by atoms with E-state index in [1.54, 1.807) is 42.7 Å². The normalized spacial score (nSPS) is 12.5. The van der Waals surface area contributed by atoms with Crippen molar-refractivity contribution in [3.63, 3.8) is 0 Å². The molecule has 0 spiro atoms. The first-order valence-corrected chi connectivity index (χ1v) is 9.64. The molecule has 1 aromatic carbocycles. The van der Waals surface area contributed by atoms with Crippen LogP contribution in [0.5, 0.6) is 0 Å². The first-order valence-electron chi connectivity index (χ1n) is 8.39. The standard InChI is InChI=1S/C18H19ClN4O3S/c1-9(2)23-17(25)13-6-5-12(19)8-14(13)20-18(23)27-11(4)16(24)21-15-7-10(3)22-26-15/h5-9,11H,1-4H3,(H,21,24).